The quantitative estimate of drug-likeness (QED) is 0.743. The molecular formula is C22H24FN3O2S. The van der Waals surface area contributed by atoms with Crippen molar-refractivity contribution in [3.05, 3.63) is 53.8 Å². The fourth-order valence-electron chi connectivity index (χ4n) is 3.72. The van der Waals surface area contributed by atoms with Crippen LogP contribution in [0.2, 0.25) is 0 Å². The van der Waals surface area contributed by atoms with Gasteiger partial charge in [0.05, 0.1) is 11.4 Å². The van der Waals surface area contributed by atoms with E-state index in [2.05, 4.69) is 10.0 Å². The monoisotopic (exact) mass is 413 g/mol. The Bertz CT molecular complexity index is 946. The average molecular weight is 414 g/mol. The third-order valence-electron chi connectivity index (χ3n) is 4.95. The van der Waals surface area contributed by atoms with Crippen LogP contribution in [0.15, 0.2) is 52.5 Å². The van der Waals surface area contributed by atoms with Crippen molar-refractivity contribution in [2.24, 2.45) is 11.0 Å². The highest BCUT2D eigenvalue weighted by Gasteiger charge is 2.35. The third kappa shape index (κ3) is 4.31. The van der Waals surface area contributed by atoms with E-state index in [9.17, 15) is 9.18 Å². The summed E-state index contributed by atoms with van der Waals surface area (Å²) in [4.78, 5) is 15.8. The molecule has 0 radical (unpaired) electrons. The number of hydrogen-bond donors (Lipinski definition) is 0. The van der Waals surface area contributed by atoms with Gasteiger partial charge in [0.15, 0.2) is 0 Å². The van der Waals surface area contributed by atoms with E-state index < -0.39 is 0 Å². The summed E-state index contributed by atoms with van der Waals surface area (Å²) in [7, 11) is 4.01. The molecule has 2 heterocycles. The van der Waals surface area contributed by atoms with Gasteiger partial charge < -0.3 is 9.64 Å². The fraction of sp³-hybridized carbons (Fsp3) is 0.364. The molecule has 0 spiro atoms. The lowest BCUT2D eigenvalue weighted by Crippen LogP contribution is -2.39. The standard InChI is InChI=1S/C22H24FN3O2S/c1-14(12-25(2)3)28-18-7-5-17(6-8-18)26-21(27)10-15-13-29-20-9-4-16(23)11-19(20)22(15)24-26/h4-9,11,14-15H,10,12-13H2,1-3H3. The molecule has 0 N–H and O–H groups in total. The number of likely N-dealkylation sites (N-methyl/N-ethyl adjacent to an activating group) is 1. The summed E-state index contributed by atoms with van der Waals surface area (Å²) in [5.41, 5.74) is 2.27. The molecule has 0 bridgehead atoms. The van der Waals surface area contributed by atoms with Gasteiger partial charge in [-0.1, -0.05) is 0 Å². The Morgan fingerprint density at radius 1 is 1.28 bits per heavy atom. The number of halogens is 1. The van der Waals surface area contributed by atoms with Crippen LogP contribution in [0, 0.1) is 11.7 Å². The van der Waals surface area contributed by atoms with E-state index >= 15 is 0 Å². The van der Waals surface area contributed by atoms with Gasteiger partial charge in [-0.05, 0) is 63.5 Å². The Kier molecular flexibility index (Phi) is 5.61. The number of benzene rings is 2. The number of carbonyl (C=O) groups is 1. The maximum atomic E-state index is 13.8. The molecule has 0 aliphatic carbocycles. The predicted octanol–water partition coefficient (Wildman–Crippen LogP) is 4.02. The second kappa shape index (κ2) is 8.16. The normalized spacial score (nSPS) is 19.5. The zero-order valence-electron chi connectivity index (χ0n) is 16.8. The number of ether oxygens (including phenoxy) is 1. The van der Waals surface area contributed by atoms with Crippen molar-refractivity contribution in [2.75, 3.05) is 31.4 Å². The molecule has 7 heteroatoms. The van der Waals surface area contributed by atoms with E-state index in [1.54, 1.807) is 17.8 Å². The number of hydrazone groups is 1. The Labute approximate surface area is 174 Å². The lowest BCUT2D eigenvalue weighted by molar-refractivity contribution is -0.119. The number of fused-ring (bicyclic) bond motifs is 3. The SMILES string of the molecule is CC(CN(C)C)Oc1ccc(N2N=C3c4cc(F)ccc4SCC3CC2=O)cc1. The maximum Gasteiger partial charge on any atom is 0.248 e. The minimum absolute atomic E-state index is 0.0209. The largest absolute Gasteiger partial charge is 0.489 e. The van der Waals surface area contributed by atoms with Gasteiger partial charge >= 0.3 is 0 Å². The predicted molar refractivity (Wildman–Crippen MR) is 114 cm³/mol. The molecule has 2 atom stereocenters. The second-order valence-electron chi connectivity index (χ2n) is 7.73. The van der Waals surface area contributed by atoms with E-state index in [4.69, 9.17) is 4.74 Å². The highest BCUT2D eigenvalue weighted by Crippen LogP contribution is 2.38. The van der Waals surface area contributed by atoms with Crippen LogP contribution < -0.4 is 9.75 Å². The minimum Gasteiger partial charge on any atom is -0.489 e. The van der Waals surface area contributed by atoms with Gasteiger partial charge in [0, 0.05) is 35.1 Å². The number of nitrogens with zero attached hydrogens (tertiary/aromatic N) is 3. The van der Waals surface area contributed by atoms with Gasteiger partial charge in [-0.2, -0.15) is 5.10 Å². The Morgan fingerprint density at radius 2 is 2.03 bits per heavy atom. The van der Waals surface area contributed by atoms with Gasteiger partial charge in [-0.3, -0.25) is 4.79 Å². The maximum absolute atomic E-state index is 13.8. The van der Waals surface area contributed by atoms with Crippen molar-refractivity contribution < 1.29 is 13.9 Å². The summed E-state index contributed by atoms with van der Waals surface area (Å²) in [6, 6.07) is 12.2. The van der Waals surface area contributed by atoms with Crippen LogP contribution >= 0.6 is 11.8 Å². The van der Waals surface area contributed by atoms with Crippen LogP contribution in [0.25, 0.3) is 0 Å². The molecule has 2 aromatic carbocycles. The molecule has 2 aliphatic rings. The number of anilines is 1. The summed E-state index contributed by atoms with van der Waals surface area (Å²) in [6.07, 6.45) is 0.430. The van der Waals surface area contributed by atoms with E-state index in [1.807, 2.05) is 45.3 Å². The Hall–Kier alpha value is -2.38. The molecule has 2 unspecified atom stereocenters. The summed E-state index contributed by atoms with van der Waals surface area (Å²) >= 11 is 1.66. The highest BCUT2D eigenvalue weighted by atomic mass is 32.2. The smallest absolute Gasteiger partial charge is 0.248 e. The summed E-state index contributed by atoms with van der Waals surface area (Å²) in [6.45, 7) is 2.83. The highest BCUT2D eigenvalue weighted by molar-refractivity contribution is 7.99. The molecule has 2 aromatic rings. The van der Waals surface area contributed by atoms with Gasteiger partial charge in [0.2, 0.25) is 5.91 Å². The van der Waals surface area contributed by atoms with Crippen molar-refractivity contribution in [3.63, 3.8) is 0 Å². The number of hydrogen-bond acceptors (Lipinski definition) is 5. The van der Waals surface area contributed by atoms with Crippen molar-refractivity contribution in [1.29, 1.82) is 0 Å². The molecular weight excluding hydrogens is 389 g/mol. The van der Waals surface area contributed by atoms with E-state index in [0.717, 1.165) is 34.2 Å². The number of carbonyl (C=O) groups excluding carboxylic acids is 1. The van der Waals surface area contributed by atoms with Gasteiger partial charge in [0.1, 0.15) is 17.7 Å². The number of rotatable bonds is 5. The van der Waals surface area contributed by atoms with Crippen molar-refractivity contribution in [1.82, 2.24) is 4.90 Å². The molecule has 152 valence electrons. The van der Waals surface area contributed by atoms with Crippen LogP contribution in [0.4, 0.5) is 10.1 Å². The van der Waals surface area contributed by atoms with Crippen LogP contribution in [-0.2, 0) is 4.79 Å². The first-order chi connectivity index (χ1) is 13.9. The minimum atomic E-state index is -0.288. The zero-order chi connectivity index (χ0) is 20.5. The lowest BCUT2D eigenvalue weighted by Gasteiger charge is -2.33. The van der Waals surface area contributed by atoms with Crippen molar-refractivity contribution >= 4 is 29.1 Å². The lowest BCUT2D eigenvalue weighted by atomic mass is 9.93. The average Bonchev–Trinajstić information content (AvgIpc) is 2.67. The zero-order valence-corrected chi connectivity index (χ0v) is 17.6. The van der Waals surface area contributed by atoms with Gasteiger partial charge in [-0.15, -0.1) is 11.8 Å². The van der Waals surface area contributed by atoms with Crippen molar-refractivity contribution in [3.8, 4) is 5.75 Å². The third-order valence-corrected chi connectivity index (χ3v) is 6.19. The molecule has 2 aliphatic heterocycles. The Morgan fingerprint density at radius 3 is 2.76 bits per heavy atom. The topological polar surface area (TPSA) is 45.1 Å². The Balaban J connectivity index is 1.59. The first-order valence-corrected chi connectivity index (χ1v) is 10.6. The molecule has 0 fully saturated rings. The van der Waals surface area contributed by atoms with Crippen molar-refractivity contribution in [2.45, 2.75) is 24.3 Å². The van der Waals surface area contributed by atoms with Crippen LogP contribution in [0.1, 0.15) is 18.9 Å². The molecule has 4 rings (SSSR count). The van der Waals surface area contributed by atoms with Gasteiger partial charge in [-0.25, -0.2) is 9.40 Å². The molecule has 0 saturated heterocycles. The summed E-state index contributed by atoms with van der Waals surface area (Å²) in [5, 5.41) is 6.07. The first kappa shape index (κ1) is 19.9. The van der Waals surface area contributed by atoms with E-state index in [1.165, 1.54) is 17.1 Å². The first-order valence-electron chi connectivity index (χ1n) is 9.66. The van der Waals surface area contributed by atoms with Crippen LogP contribution in [-0.4, -0.2) is 49.0 Å². The summed E-state index contributed by atoms with van der Waals surface area (Å²) in [5.74, 6) is 1.22. The number of amides is 1. The van der Waals surface area contributed by atoms with Crippen LogP contribution in [0.5, 0.6) is 5.75 Å². The second-order valence-corrected chi connectivity index (χ2v) is 8.79. The molecule has 5 nitrogen and oxygen atoms in total. The number of thioether (sulfide) groups is 1. The summed E-state index contributed by atoms with van der Waals surface area (Å²) < 4.78 is 19.7. The molecule has 0 saturated carbocycles. The molecule has 1 amide bonds. The fourth-order valence-corrected chi connectivity index (χ4v) is 4.86. The molecule has 0 aromatic heterocycles. The van der Waals surface area contributed by atoms with E-state index in [0.29, 0.717) is 12.1 Å². The molecule has 29 heavy (non-hydrogen) atoms. The van der Waals surface area contributed by atoms with Gasteiger partial charge in [0.25, 0.3) is 0 Å². The van der Waals surface area contributed by atoms with Crippen LogP contribution in [0.3, 0.4) is 0 Å². The van der Waals surface area contributed by atoms with E-state index in [-0.39, 0.29) is 23.7 Å².